The van der Waals surface area contributed by atoms with Crippen LogP contribution in [0.25, 0.3) is 0 Å². The number of carbonyl (C=O) groups excluding carboxylic acids is 4. The normalized spacial score (nSPS) is 21.0. The zero-order valence-electron chi connectivity index (χ0n) is 30.6. The Bertz CT molecular complexity index is 1040. The molecule has 0 radical (unpaired) electrons. The monoisotopic (exact) mass is 647 g/mol. The molecule has 0 saturated carbocycles. The zero-order valence-corrected chi connectivity index (χ0v) is 30.6. The largest absolute Gasteiger partial charge is 0.381 e. The van der Waals surface area contributed by atoms with Crippen LogP contribution in [0.4, 0.5) is 0 Å². The second-order valence-electron chi connectivity index (χ2n) is 15.0. The van der Waals surface area contributed by atoms with Crippen molar-refractivity contribution in [3.63, 3.8) is 0 Å². The molecule has 0 aromatic rings. The van der Waals surface area contributed by atoms with Gasteiger partial charge in [0, 0.05) is 45.0 Å². The standard InChI is InChI=1S/C36H65N5O5/c1-11-12-22-46-23-16-19-37-32(42)28-18-15-21-41(28)34(44)27(6)24-30(25(2)3)39(10)35(45)31(36(7,8)9)38-33(43)29-17-13-14-20-40(29)26(4)5/h24-26,28-31H,11-23H2,1-10H3,(H,37,42)(H,38,43)/b27-24+/t28-,29?,30+,31?/m0/s1. The number of amides is 4. The minimum absolute atomic E-state index is 0.0139. The van der Waals surface area contributed by atoms with Crippen LogP contribution in [0, 0.1) is 11.3 Å². The summed E-state index contributed by atoms with van der Waals surface area (Å²) in [6, 6.07) is -1.60. The average Bonchev–Trinajstić information content (AvgIpc) is 3.50. The molecule has 46 heavy (non-hydrogen) atoms. The van der Waals surface area contributed by atoms with E-state index >= 15 is 0 Å². The summed E-state index contributed by atoms with van der Waals surface area (Å²) in [5.41, 5.74) is -0.0138. The fourth-order valence-electron chi connectivity index (χ4n) is 6.53. The Kier molecular flexibility index (Phi) is 16.2. The Balaban J connectivity index is 2.13. The van der Waals surface area contributed by atoms with E-state index < -0.39 is 17.5 Å². The van der Waals surface area contributed by atoms with E-state index in [4.69, 9.17) is 4.74 Å². The van der Waals surface area contributed by atoms with Crippen LogP contribution < -0.4 is 10.6 Å². The molecule has 0 aromatic heterocycles. The maximum Gasteiger partial charge on any atom is 0.249 e. The van der Waals surface area contributed by atoms with E-state index in [1.165, 1.54) is 0 Å². The lowest BCUT2D eigenvalue weighted by atomic mass is 9.84. The Morgan fingerprint density at radius 3 is 2.20 bits per heavy atom. The number of unbranched alkanes of at least 4 members (excludes halogenated alkanes) is 1. The van der Waals surface area contributed by atoms with Gasteiger partial charge in [0.2, 0.25) is 23.6 Å². The first kappa shape index (κ1) is 39.7. The summed E-state index contributed by atoms with van der Waals surface area (Å²) in [5, 5.41) is 6.12. The summed E-state index contributed by atoms with van der Waals surface area (Å²) in [6.45, 7) is 21.3. The smallest absolute Gasteiger partial charge is 0.249 e. The molecule has 0 bridgehead atoms. The number of nitrogens with zero attached hydrogens (tertiary/aromatic N) is 3. The minimum atomic E-state index is -0.727. The Morgan fingerprint density at radius 1 is 0.935 bits per heavy atom. The molecule has 4 amide bonds. The lowest BCUT2D eigenvalue weighted by Gasteiger charge is -2.41. The third-order valence-electron chi connectivity index (χ3n) is 9.37. The van der Waals surface area contributed by atoms with Crippen molar-refractivity contribution in [1.29, 1.82) is 0 Å². The molecule has 0 aromatic carbocycles. The first-order chi connectivity index (χ1) is 21.6. The molecule has 10 nitrogen and oxygen atoms in total. The fourth-order valence-corrected chi connectivity index (χ4v) is 6.53. The maximum atomic E-state index is 14.1. The molecule has 2 fully saturated rings. The summed E-state index contributed by atoms with van der Waals surface area (Å²) in [6.07, 6.45) is 8.97. The Hall–Kier alpha value is -2.46. The van der Waals surface area contributed by atoms with Crippen LogP contribution in [0.3, 0.4) is 0 Å². The molecule has 4 atom stereocenters. The molecule has 2 saturated heterocycles. The van der Waals surface area contributed by atoms with Crippen LogP contribution in [0.15, 0.2) is 11.6 Å². The summed E-state index contributed by atoms with van der Waals surface area (Å²) in [7, 11) is 1.76. The van der Waals surface area contributed by atoms with Gasteiger partial charge in [0.05, 0.1) is 12.1 Å². The van der Waals surface area contributed by atoms with Crippen molar-refractivity contribution in [2.75, 3.05) is 39.9 Å². The van der Waals surface area contributed by atoms with E-state index in [2.05, 4.69) is 36.3 Å². The van der Waals surface area contributed by atoms with Crippen LogP contribution in [0.1, 0.15) is 114 Å². The van der Waals surface area contributed by atoms with E-state index in [0.717, 1.165) is 58.1 Å². The number of hydrogen-bond acceptors (Lipinski definition) is 6. The molecular weight excluding hydrogens is 582 g/mol. The molecule has 264 valence electrons. The quantitative estimate of drug-likeness (QED) is 0.188. The third kappa shape index (κ3) is 11.4. The molecule has 0 spiro atoms. The summed E-state index contributed by atoms with van der Waals surface area (Å²) < 4.78 is 5.58. The van der Waals surface area contributed by atoms with E-state index in [1.807, 2.05) is 40.7 Å². The number of nitrogens with one attached hydrogen (secondary N) is 2. The van der Waals surface area contributed by atoms with Crippen LogP contribution in [0.2, 0.25) is 0 Å². The first-order valence-corrected chi connectivity index (χ1v) is 17.8. The van der Waals surface area contributed by atoms with Gasteiger partial charge in [-0.2, -0.15) is 0 Å². The predicted molar refractivity (Wildman–Crippen MR) is 184 cm³/mol. The van der Waals surface area contributed by atoms with E-state index in [1.54, 1.807) is 23.8 Å². The zero-order chi connectivity index (χ0) is 34.6. The van der Waals surface area contributed by atoms with Crippen molar-refractivity contribution in [2.24, 2.45) is 11.3 Å². The van der Waals surface area contributed by atoms with Gasteiger partial charge < -0.3 is 25.2 Å². The maximum absolute atomic E-state index is 14.1. The molecule has 2 rings (SSSR count). The van der Waals surface area contributed by atoms with Gasteiger partial charge in [-0.1, -0.05) is 60.5 Å². The third-order valence-corrected chi connectivity index (χ3v) is 9.37. The second-order valence-corrected chi connectivity index (χ2v) is 15.0. The molecule has 2 aliphatic heterocycles. The van der Waals surface area contributed by atoms with Crippen molar-refractivity contribution < 1.29 is 23.9 Å². The second kappa shape index (κ2) is 18.8. The molecule has 2 heterocycles. The van der Waals surface area contributed by atoms with Crippen molar-refractivity contribution in [3.05, 3.63) is 11.6 Å². The number of piperidine rings is 1. The van der Waals surface area contributed by atoms with Crippen molar-refractivity contribution in [1.82, 2.24) is 25.3 Å². The van der Waals surface area contributed by atoms with Gasteiger partial charge in [0.25, 0.3) is 0 Å². The molecule has 10 heteroatoms. The van der Waals surface area contributed by atoms with Crippen molar-refractivity contribution >= 4 is 23.6 Å². The Morgan fingerprint density at radius 2 is 1.59 bits per heavy atom. The summed E-state index contributed by atoms with van der Waals surface area (Å²) in [4.78, 5) is 60.0. The number of likely N-dealkylation sites (N-methyl/N-ethyl adjacent to an activating group) is 1. The lowest BCUT2D eigenvalue weighted by Crippen LogP contribution is -2.60. The highest BCUT2D eigenvalue weighted by molar-refractivity contribution is 5.97. The number of carbonyl (C=O) groups is 4. The topological polar surface area (TPSA) is 111 Å². The van der Waals surface area contributed by atoms with Crippen molar-refractivity contribution in [2.45, 2.75) is 144 Å². The molecule has 2 N–H and O–H groups in total. The summed E-state index contributed by atoms with van der Waals surface area (Å²) in [5.74, 6) is -0.572. The van der Waals surface area contributed by atoms with Gasteiger partial charge in [-0.25, -0.2) is 0 Å². The number of ether oxygens (including phenoxy) is 1. The number of hydrogen-bond donors (Lipinski definition) is 2. The van der Waals surface area contributed by atoms with E-state index in [0.29, 0.717) is 31.7 Å². The molecular formula is C36H65N5O5. The minimum Gasteiger partial charge on any atom is -0.381 e. The van der Waals surface area contributed by atoms with Gasteiger partial charge in [0.1, 0.15) is 12.1 Å². The highest BCUT2D eigenvalue weighted by atomic mass is 16.5. The predicted octanol–water partition coefficient (Wildman–Crippen LogP) is 4.52. The SMILES string of the molecule is CCCCOCCCNC(=O)[C@@H]1CCCN1C(=O)/C(C)=C/[C@H](C(C)C)N(C)C(=O)C(NC(=O)C1CCCCN1C(C)C)C(C)(C)C. The average molecular weight is 648 g/mol. The number of likely N-dealkylation sites (tertiary alicyclic amines) is 2. The fraction of sp³-hybridized carbons (Fsp3) is 0.833. The van der Waals surface area contributed by atoms with E-state index in [-0.39, 0.29) is 47.7 Å². The molecule has 2 aliphatic rings. The van der Waals surface area contributed by atoms with Crippen LogP contribution in [-0.4, -0.2) is 108 Å². The Labute approximate surface area is 279 Å². The first-order valence-electron chi connectivity index (χ1n) is 17.8. The van der Waals surface area contributed by atoms with Gasteiger partial charge in [-0.05, 0) is 77.2 Å². The van der Waals surface area contributed by atoms with Gasteiger partial charge in [-0.3, -0.25) is 24.1 Å². The van der Waals surface area contributed by atoms with Gasteiger partial charge in [0.15, 0.2) is 0 Å². The molecule has 0 aliphatic carbocycles. The van der Waals surface area contributed by atoms with E-state index in [9.17, 15) is 19.2 Å². The van der Waals surface area contributed by atoms with Crippen LogP contribution >= 0.6 is 0 Å². The van der Waals surface area contributed by atoms with Crippen molar-refractivity contribution in [3.8, 4) is 0 Å². The van der Waals surface area contributed by atoms with Gasteiger partial charge >= 0.3 is 0 Å². The highest BCUT2D eigenvalue weighted by Crippen LogP contribution is 2.27. The summed E-state index contributed by atoms with van der Waals surface area (Å²) >= 11 is 0. The van der Waals surface area contributed by atoms with Crippen LogP contribution in [0.5, 0.6) is 0 Å². The van der Waals surface area contributed by atoms with Gasteiger partial charge in [-0.15, -0.1) is 0 Å². The van der Waals surface area contributed by atoms with Crippen LogP contribution in [-0.2, 0) is 23.9 Å². The molecule has 2 unspecified atom stereocenters. The highest BCUT2D eigenvalue weighted by Gasteiger charge is 2.40. The number of rotatable bonds is 16. The lowest BCUT2D eigenvalue weighted by molar-refractivity contribution is -0.142.